The van der Waals surface area contributed by atoms with Gasteiger partial charge in [-0.15, -0.1) is 0 Å². The number of aryl methyl sites for hydroxylation is 2. The number of rotatable bonds is 2. The first-order chi connectivity index (χ1) is 8.24. The normalized spacial score (nSPS) is 20.2. The highest BCUT2D eigenvalue weighted by Crippen LogP contribution is 2.22. The molecule has 2 nitrogen and oxygen atoms in total. The maximum atomic E-state index is 3.44. The molecular formula is C15H20N2. The molecule has 2 heteroatoms. The SMILES string of the molecule is Cc1cc2cc(CC3CCNC3)ccc2n1C. The zero-order chi connectivity index (χ0) is 11.8. The molecule has 0 radical (unpaired) electrons. The predicted molar refractivity (Wildman–Crippen MR) is 72.3 cm³/mol. The highest BCUT2D eigenvalue weighted by atomic mass is 14.9. The predicted octanol–water partition coefficient (Wildman–Crippen LogP) is 2.64. The molecule has 1 aliphatic heterocycles. The minimum atomic E-state index is 0.831. The molecule has 17 heavy (non-hydrogen) atoms. The highest BCUT2D eigenvalue weighted by Gasteiger charge is 2.15. The van der Waals surface area contributed by atoms with E-state index in [4.69, 9.17) is 0 Å². The van der Waals surface area contributed by atoms with Gasteiger partial charge in [0.1, 0.15) is 0 Å². The van der Waals surface area contributed by atoms with Crippen molar-refractivity contribution >= 4 is 10.9 Å². The minimum absolute atomic E-state index is 0.831. The van der Waals surface area contributed by atoms with Gasteiger partial charge in [0.25, 0.3) is 0 Å². The summed E-state index contributed by atoms with van der Waals surface area (Å²) in [5, 5.41) is 4.82. The van der Waals surface area contributed by atoms with E-state index < -0.39 is 0 Å². The second-order valence-corrected chi connectivity index (χ2v) is 5.30. The molecule has 0 saturated carbocycles. The molecule has 1 aliphatic rings. The van der Waals surface area contributed by atoms with Crippen molar-refractivity contribution in [3.63, 3.8) is 0 Å². The van der Waals surface area contributed by atoms with E-state index >= 15 is 0 Å². The summed E-state index contributed by atoms with van der Waals surface area (Å²) in [5.74, 6) is 0.831. The molecule has 2 aromatic rings. The van der Waals surface area contributed by atoms with E-state index in [1.54, 1.807) is 0 Å². The number of hydrogen-bond donors (Lipinski definition) is 1. The average molecular weight is 228 g/mol. The van der Waals surface area contributed by atoms with Gasteiger partial charge >= 0.3 is 0 Å². The molecule has 3 rings (SSSR count). The molecule has 1 unspecified atom stereocenters. The molecular weight excluding hydrogens is 208 g/mol. The fraction of sp³-hybridized carbons (Fsp3) is 0.467. The lowest BCUT2D eigenvalue weighted by atomic mass is 9.98. The molecule has 1 N–H and O–H groups in total. The van der Waals surface area contributed by atoms with Crippen molar-refractivity contribution in [2.45, 2.75) is 19.8 Å². The lowest BCUT2D eigenvalue weighted by Crippen LogP contribution is -2.10. The quantitative estimate of drug-likeness (QED) is 0.836. The van der Waals surface area contributed by atoms with E-state index in [1.807, 2.05) is 0 Å². The summed E-state index contributed by atoms with van der Waals surface area (Å²) < 4.78 is 2.26. The maximum Gasteiger partial charge on any atom is 0.0479 e. The lowest BCUT2D eigenvalue weighted by molar-refractivity contribution is 0.580. The van der Waals surface area contributed by atoms with Crippen molar-refractivity contribution in [2.24, 2.45) is 13.0 Å². The fourth-order valence-corrected chi connectivity index (χ4v) is 2.89. The van der Waals surface area contributed by atoms with Crippen LogP contribution >= 0.6 is 0 Å². The largest absolute Gasteiger partial charge is 0.348 e. The second-order valence-electron chi connectivity index (χ2n) is 5.30. The van der Waals surface area contributed by atoms with Crippen LogP contribution in [0, 0.1) is 12.8 Å². The Morgan fingerprint density at radius 1 is 1.35 bits per heavy atom. The number of aromatic nitrogens is 1. The first-order valence-electron chi connectivity index (χ1n) is 6.50. The van der Waals surface area contributed by atoms with Gasteiger partial charge in [-0.1, -0.05) is 6.07 Å². The second kappa shape index (κ2) is 4.19. The number of fused-ring (bicyclic) bond motifs is 1. The summed E-state index contributed by atoms with van der Waals surface area (Å²) >= 11 is 0. The third kappa shape index (κ3) is 1.98. The number of nitrogens with one attached hydrogen (secondary N) is 1. The Hall–Kier alpha value is -1.28. The summed E-state index contributed by atoms with van der Waals surface area (Å²) in [7, 11) is 2.14. The van der Waals surface area contributed by atoms with Gasteiger partial charge in [-0.25, -0.2) is 0 Å². The van der Waals surface area contributed by atoms with Gasteiger partial charge in [0, 0.05) is 23.6 Å². The highest BCUT2D eigenvalue weighted by molar-refractivity contribution is 5.82. The monoisotopic (exact) mass is 228 g/mol. The Kier molecular flexibility index (Phi) is 2.67. The summed E-state index contributed by atoms with van der Waals surface area (Å²) in [5.41, 5.74) is 4.16. The Morgan fingerprint density at radius 2 is 2.24 bits per heavy atom. The number of nitrogens with zero attached hydrogens (tertiary/aromatic N) is 1. The molecule has 1 aromatic heterocycles. The van der Waals surface area contributed by atoms with Crippen molar-refractivity contribution in [3.8, 4) is 0 Å². The maximum absolute atomic E-state index is 3.44. The number of benzene rings is 1. The summed E-state index contributed by atoms with van der Waals surface area (Å²) in [4.78, 5) is 0. The Bertz CT molecular complexity index is 533. The minimum Gasteiger partial charge on any atom is -0.348 e. The third-order valence-electron chi connectivity index (χ3n) is 4.03. The van der Waals surface area contributed by atoms with Crippen LogP contribution in [0.5, 0.6) is 0 Å². The van der Waals surface area contributed by atoms with Gasteiger partial charge < -0.3 is 9.88 Å². The molecule has 90 valence electrons. The summed E-state index contributed by atoms with van der Waals surface area (Å²) in [6.07, 6.45) is 2.54. The molecule has 0 amide bonds. The lowest BCUT2D eigenvalue weighted by Gasteiger charge is -2.08. The van der Waals surface area contributed by atoms with Crippen LogP contribution in [0.3, 0.4) is 0 Å². The molecule has 1 aromatic carbocycles. The van der Waals surface area contributed by atoms with Crippen molar-refractivity contribution in [1.29, 1.82) is 0 Å². The van der Waals surface area contributed by atoms with E-state index in [-0.39, 0.29) is 0 Å². The van der Waals surface area contributed by atoms with Crippen LogP contribution in [0.4, 0.5) is 0 Å². The first kappa shape index (κ1) is 10.8. The van der Waals surface area contributed by atoms with Crippen molar-refractivity contribution < 1.29 is 0 Å². The van der Waals surface area contributed by atoms with E-state index in [9.17, 15) is 0 Å². The zero-order valence-electron chi connectivity index (χ0n) is 10.7. The van der Waals surface area contributed by atoms with Gasteiger partial charge in [0.05, 0.1) is 0 Å². The summed E-state index contributed by atoms with van der Waals surface area (Å²) in [6.45, 7) is 4.55. The molecule has 1 atom stereocenters. The molecule has 0 aliphatic carbocycles. The van der Waals surface area contributed by atoms with Crippen LogP contribution in [0.25, 0.3) is 10.9 Å². The molecule has 0 spiro atoms. The smallest absolute Gasteiger partial charge is 0.0479 e. The van der Waals surface area contributed by atoms with Crippen LogP contribution in [0.2, 0.25) is 0 Å². The van der Waals surface area contributed by atoms with Gasteiger partial charge in [0.15, 0.2) is 0 Å². The molecule has 1 saturated heterocycles. The van der Waals surface area contributed by atoms with Crippen LogP contribution in [0.1, 0.15) is 17.7 Å². The average Bonchev–Trinajstić information content (AvgIpc) is 2.89. The van der Waals surface area contributed by atoms with Crippen LogP contribution < -0.4 is 5.32 Å². The topological polar surface area (TPSA) is 17.0 Å². The van der Waals surface area contributed by atoms with E-state index in [0.29, 0.717) is 0 Å². The molecule has 1 fully saturated rings. The zero-order valence-corrected chi connectivity index (χ0v) is 10.7. The van der Waals surface area contributed by atoms with E-state index in [2.05, 4.69) is 48.1 Å². The van der Waals surface area contributed by atoms with Gasteiger partial charge in [-0.3, -0.25) is 0 Å². The number of hydrogen-bond acceptors (Lipinski definition) is 1. The Morgan fingerprint density at radius 3 is 3.00 bits per heavy atom. The van der Waals surface area contributed by atoms with Crippen LogP contribution in [0.15, 0.2) is 24.3 Å². The van der Waals surface area contributed by atoms with E-state index in [0.717, 1.165) is 5.92 Å². The van der Waals surface area contributed by atoms with Gasteiger partial charge in [-0.2, -0.15) is 0 Å². The van der Waals surface area contributed by atoms with Crippen molar-refractivity contribution in [1.82, 2.24) is 9.88 Å². The third-order valence-corrected chi connectivity index (χ3v) is 4.03. The Balaban J connectivity index is 1.90. The molecule has 2 heterocycles. The fourth-order valence-electron chi connectivity index (χ4n) is 2.89. The van der Waals surface area contributed by atoms with Crippen LogP contribution in [-0.4, -0.2) is 17.7 Å². The first-order valence-corrected chi connectivity index (χ1v) is 6.50. The van der Waals surface area contributed by atoms with Crippen LogP contribution in [-0.2, 0) is 13.5 Å². The van der Waals surface area contributed by atoms with Crippen molar-refractivity contribution in [2.75, 3.05) is 13.1 Å². The van der Waals surface area contributed by atoms with E-state index in [1.165, 1.54) is 48.1 Å². The summed E-state index contributed by atoms with van der Waals surface area (Å²) in [6, 6.07) is 9.20. The molecule has 0 bridgehead atoms. The van der Waals surface area contributed by atoms with Gasteiger partial charge in [0.2, 0.25) is 0 Å². The van der Waals surface area contributed by atoms with Gasteiger partial charge in [-0.05, 0) is 62.5 Å². The van der Waals surface area contributed by atoms with Crippen molar-refractivity contribution in [3.05, 3.63) is 35.5 Å². The standard InChI is InChI=1S/C15H20N2/c1-11-7-14-9-12(3-4-15(14)17(11)2)8-13-5-6-16-10-13/h3-4,7,9,13,16H,5-6,8,10H2,1-2H3. The Labute approximate surface area is 103 Å².